The smallest absolute Gasteiger partial charge is 0.269 e. The number of rotatable bonds is 6. The minimum absolute atomic E-state index is 0.00633. The molecular weight excluding hydrogens is 334 g/mol. The summed E-state index contributed by atoms with van der Waals surface area (Å²) in [6, 6.07) is 11.2. The van der Waals surface area contributed by atoms with Crippen LogP contribution >= 0.6 is 0 Å². The molecule has 7 nitrogen and oxygen atoms in total. The fraction of sp³-hybridized carbons (Fsp3) is 0.158. The van der Waals surface area contributed by atoms with E-state index in [2.05, 4.69) is 10.6 Å². The Morgan fingerprint density at radius 2 is 1.81 bits per heavy atom. The SMILES string of the molecule is CCC(=O)Nc1ccc(C)c(NC(=O)C=Cc2ccc([N+](=O)[O-])cc2)c1. The minimum atomic E-state index is -0.479. The summed E-state index contributed by atoms with van der Waals surface area (Å²) in [5, 5.41) is 16.1. The predicted molar refractivity (Wildman–Crippen MR) is 101 cm³/mol. The number of hydrogen-bond acceptors (Lipinski definition) is 4. The molecule has 2 aromatic rings. The number of nitro groups is 1. The van der Waals surface area contributed by atoms with Crippen molar-refractivity contribution in [1.82, 2.24) is 0 Å². The van der Waals surface area contributed by atoms with E-state index in [0.717, 1.165) is 5.56 Å². The Kier molecular flexibility index (Phi) is 6.21. The third-order valence-electron chi connectivity index (χ3n) is 3.63. The van der Waals surface area contributed by atoms with Crippen LogP contribution in [0, 0.1) is 17.0 Å². The number of nitrogens with one attached hydrogen (secondary N) is 2. The first-order chi connectivity index (χ1) is 12.4. The zero-order valence-electron chi connectivity index (χ0n) is 14.5. The Labute approximate surface area is 150 Å². The van der Waals surface area contributed by atoms with Crippen molar-refractivity contribution < 1.29 is 14.5 Å². The average Bonchev–Trinajstić information content (AvgIpc) is 2.63. The number of benzene rings is 2. The second kappa shape index (κ2) is 8.57. The molecule has 0 atom stereocenters. The lowest BCUT2D eigenvalue weighted by Crippen LogP contribution is -2.12. The number of nitro benzene ring substituents is 1. The lowest BCUT2D eigenvalue weighted by molar-refractivity contribution is -0.384. The van der Waals surface area contributed by atoms with Crippen molar-refractivity contribution in [3.63, 3.8) is 0 Å². The van der Waals surface area contributed by atoms with E-state index in [0.29, 0.717) is 23.4 Å². The van der Waals surface area contributed by atoms with Crippen molar-refractivity contribution in [3.8, 4) is 0 Å². The molecule has 7 heteroatoms. The van der Waals surface area contributed by atoms with Gasteiger partial charge in [0.05, 0.1) is 4.92 Å². The third-order valence-corrected chi connectivity index (χ3v) is 3.63. The maximum atomic E-state index is 12.1. The molecule has 2 rings (SSSR count). The molecule has 0 saturated heterocycles. The maximum Gasteiger partial charge on any atom is 0.269 e. The van der Waals surface area contributed by atoms with Gasteiger partial charge in [-0.05, 0) is 48.4 Å². The molecule has 134 valence electrons. The zero-order chi connectivity index (χ0) is 19.1. The standard InChI is InChI=1S/C19H19N3O4/c1-3-18(23)20-15-8-4-13(2)17(12-15)21-19(24)11-7-14-5-9-16(10-6-14)22(25)26/h4-12H,3H2,1-2H3,(H,20,23)(H,21,24). The summed E-state index contributed by atoms with van der Waals surface area (Å²) in [5.41, 5.74) is 2.73. The van der Waals surface area contributed by atoms with Crippen LogP contribution < -0.4 is 10.6 Å². The lowest BCUT2D eigenvalue weighted by atomic mass is 10.1. The molecule has 0 unspecified atom stereocenters. The fourth-order valence-corrected chi connectivity index (χ4v) is 2.14. The van der Waals surface area contributed by atoms with E-state index in [1.807, 2.05) is 6.92 Å². The van der Waals surface area contributed by atoms with Crippen LogP contribution in [-0.4, -0.2) is 16.7 Å². The quantitative estimate of drug-likeness (QED) is 0.467. The molecule has 2 N–H and O–H groups in total. The first-order valence-electron chi connectivity index (χ1n) is 8.03. The minimum Gasteiger partial charge on any atom is -0.326 e. The zero-order valence-corrected chi connectivity index (χ0v) is 14.5. The fourth-order valence-electron chi connectivity index (χ4n) is 2.14. The summed E-state index contributed by atoms with van der Waals surface area (Å²) in [4.78, 5) is 33.7. The van der Waals surface area contributed by atoms with E-state index >= 15 is 0 Å². The maximum absolute atomic E-state index is 12.1. The number of aryl methyl sites for hydroxylation is 1. The van der Waals surface area contributed by atoms with Crippen LogP contribution in [0.2, 0.25) is 0 Å². The molecule has 2 aromatic carbocycles. The van der Waals surface area contributed by atoms with Crippen molar-refractivity contribution in [1.29, 1.82) is 0 Å². The lowest BCUT2D eigenvalue weighted by Gasteiger charge is -2.10. The number of carbonyl (C=O) groups excluding carboxylic acids is 2. The highest BCUT2D eigenvalue weighted by Gasteiger charge is 2.06. The van der Waals surface area contributed by atoms with Crippen LogP contribution in [0.5, 0.6) is 0 Å². The Balaban J connectivity index is 2.05. The highest BCUT2D eigenvalue weighted by Crippen LogP contribution is 2.21. The van der Waals surface area contributed by atoms with Gasteiger partial charge in [-0.1, -0.05) is 13.0 Å². The molecule has 0 aliphatic rings. The van der Waals surface area contributed by atoms with Gasteiger partial charge in [-0.15, -0.1) is 0 Å². The average molecular weight is 353 g/mol. The van der Waals surface area contributed by atoms with E-state index in [1.54, 1.807) is 43.3 Å². The van der Waals surface area contributed by atoms with Crippen LogP contribution in [0.15, 0.2) is 48.5 Å². The van der Waals surface area contributed by atoms with E-state index in [-0.39, 0.29) is 17.5 Å². The number of carbonyl (C=O) groups is 2. The van der Waals surface area contributed by atoms with E-state index in [1.165, 1.54) is 18.2 Å². The largest absolute Gasteiger partial charge is 0.326 e. The van der Waals surface area contributed by atoms with Gasteiger partial charge in [0.15, 0.2) is 0 Å². The number of nitrogens with zero attached hydrogens (tertiary/aromatic N) is 1. The molecule has 0 heterocycles. The highest BCUT2D eigenvalue weighted by molar-refractivity contribution is 6.03. The van der Waals surface area contributed by atoms with Crippen molar-refractivity contribution in [2.75, 3.05) is 10.6 Å². The Hall–Kier alpha value is -3.48. The molecule has 0 bridgehead atoms. The summed E-state index contributed by atoms with van der Waals surface area (Å²) < 4.78 is 0. The molecule has 0 saturated carbocycles. The van der Waals surface area contributed by atoms with Gasteiger partial charge >= 0.3 is 0 Å². The van der Waals surface area contributed by atoms with Crippen LogP contribution in [0.25, 0.3) is 6.08 Å². The summed E-state index contributed by atoms with van der Waals surface area (Å²) in [5.74, 6) is -0.449. The molecule has 0 fully saturated rings. The highest BCUT2D eigenvalue weighted by atomic mass is 16.6. The van der Waals surface area contributed by atoms with Crippen LogP contribution in [0.3, 0.4) is 0 Å². The molecule has 0 aliphatic carbocycles. The normalized spacial score (nSPS) is 10.5. The summed E-state index contributed by atoms with van der Waals surface area (Å²) in [7, 11) is 0. The summed E-state index contributed by atoms with van der Waals surface area (Å²) in [6.07, 6.45) is 3.28. The monoisotopic (exact) mass is 353 g/mol. The molecule has 2 amide bonds. The van der Waals surface area contributed by atoms with Crippen LogP contribution in [0.4, 0.5) is 17.1 Å². The van der Waals surface area contributed by atoms with Gasteiger partial charge in [-0.2, -0.15) is 0 Å². The summed E-state index contributed by atoms with van der Waals surface area (Å²) in [6.45, 7) is 3.61. The van der Waals surface area contributed by atoms with Gasteiger partial charge in [0.2, 0.25) is 11.8 Å². The van der Waals surface area contributed by atoms with Gasteiger partial charge in [0, 0.05) is 36.0 Å². The first kappa shape index (κ1) is 18.9. The number of non-ortho nitro benzene ring substituents is 1. The molecule has 0 radical (unpaired) electrons. The van der Waals surface area contributed by atoms with Crippen molar-refractivity contribution in [2.24, 2.45) is 0 Å². The molecule has 0 aromatic heterocycles. The van der Waals surface area contributed by atoms with E-state index in [9.17, 15) is 19.7 Å². The first-order valence-corrected chi connectivity index (χ1v) is 8.03. The van der Waals surface area contributed by atoms with Crippen LogP contribution in [-0.2, 0) is 9.59 Å². The molecular formula is C19H19N3O4. The van der Waals surface area contributed by atoms with E-state index in [4.69, 9.17) is 0 Å². The second-order valence-electron chi connectivity index (χ2n) is 5.60. The van der Waals surface area contributed by atoms with Gasteiger partial charge < -0.3 is 10.6 Å². The van der Waals surface area contributed by atoms with E-state index < -0.39 is 4.92 Å². The van der Waals surface area contributed by atoms with Gasteiger partial charge in [0.1, 0.15) is 0 Å². The third kappa shape index (κ3) is 5.27. The number of hydrogen-bond donors (Lipinski definition) is 2. The Morgan fingerprint density at radius 3 is 2.42 bits per heavy atom. The van der Waals surface area contributed by atoms with Gasteiger partial charge in [-0.3, -0.25) is 19.7 Å². The van der Waals surface area contributed by atoms with Crippen molar-refractivity contribution in [2.45, 2.75) is 20.3 Å². The number of amides is 2. The second-order valence-corrected chi connectivity index (χ2v) is 5.60. The Bertz CT molecular complexity index is 858. The van der Waals surface area contributed by atoms with Crippen LogP contribution in [0.1, 0.15) is 24.5 Å². The molecule has 0 spiro atoms. The molecule has 26 heavy (non-hydrogen) atoms. The van der Waals surface area contributed by atoms with Crippen molar-refractivity contribution >= 4 is 35.0 Å². The predicted octanol–water partition coefficient (Wildman–Crippen LogP) is 3.90. The Morgan fingerprint density at radius 1 is 1.12 bits per heavy atom. The topological polar surface area (TPSA) is 101 Å². The number of anilines is 2. The summed E-state index contributed by atoms with van der Waals surface area (Å²) >= 11 is 0. The van der Waals surface area contributed by atoms with Crippen molar-refractivity contribution in [3.05, 3.63) is 69.8 Å². The molecule has 0 aliphatic heterocycles. The van der Waals surface area contributed by atoms with Gasteiger partial charge in [0.25, 0.3) is 5.69 Å². The van der Waals surface area contributed by atoms with Gasteiger partial charge in [-0.25, -0.2) is 0 Å².